The van der Waals surface area contributed by atoms with E-state index in [1.54, 1.807) is 0 Å². The lowest BCUT2D eigenvalue weighted by Gasteiger charge is -2.19. The van der Waals surface area contributed by atoms with E-state index in [-0.39, 0.29) is 6.42 Å². The minimum absolute atomic E-state index is 0.210. The first-order chi connectivity index (χ1) is 8.56. The molecule has 0 spiro atoms. The van der Waals surface area contributed by atoms with E-state index in [9.17, 15) is 26.4 Å². The van der Waals surface area contributed by atoms with Gasteiger partial charge in [0.25, 0.3) is 10.1 Å². The van der Waals surface area contributed by atoms with E-state index in [1.165, 1.54) is 0 Å². The Kier molecular flexibility index (Phi) is 7.35. The fourth-order valence-corrected chi connectivity index (χ4v) is 1.94. The quantitative estimate of drug-likeness (QED) is 0.423. The van der Waals surface area contributed by atoms with Gasteiger partial charge in [0.05, 0.1) is 0 Å². The molecule has 114 valence electrons. The van der Waals surface area contributed by atoms with E-state index in [0.717, 1.165) is 12.8 Å². The van der Waals surface area contributed by atoms with Crippen LogP contribution in [0.3, 0.4) is 0 Å². The number of halogens is 3. The van der Waals surface area contributed by atoms with Crippen LogP contribution in [0.5, 0.6) is 0 Å². The molecule has 0 saturated carbocycles. The van der Waals surface area contributed by atoms with Crippen molar-refractivity contribution < 1.29 is 35.7 Å². The molecule has 19 heavy (non-hydrogen) atoms. The Labute approximate surface area is 109 Å². The minimum Gasteiger partial charge on any atom is -0.451 e. The Morgan fingerprint density at radius 2 is 1.84 bits per heavy atom. The van der Waals surface area contributed by atoms with Gasteiger partial charge in [-0.25, -0.2) is 0 Å². The average Bonchev–Trinajstić information content (AvgIpc) is 2.20. The third-order valence-electron chi connectivity index (χ3n) is 2.24. The number of carbonyl (C=O) groups is 1. The van der Waals surface area contributed by atoms with Gasteiger partial charge in [-0.05, 0) is 6.42 Å². The van der Waals surface area contributed by atoms with E-state index < -0.39 is 34.1 Å². The molecule has 0 saturated heterocycles. The van der Waals surface area contributed by atoms with Crippen molar-refractivity contribution in [3.63, 3.8) is 0 Å². The lowest BCUT2D eigenvalue weighted by atomic mass is 10.1. The van der Waals surface area contributed by atoms with Crippen molar-refractivity contribution in [2.75, 3.05) is 5.75 Å². The van der Waals surface area contributed by atoms with Gasteiger partial charge in [0.1, 0.15) is 5.75 Å². The lowest BCUT2D eigenvalue weighted by molar-refractivity contribution is -0.215. The van der Waals surface area contributed by atoms with E-state index in [1.807, 2.05) is 6.92 Å². The molecule has 0 aliphatic heterocycles. The SMILES string of the molecule is CCCCCCC(=O)OC(CS(=O)(=O)O)C(F)(F)F. The van der Waals surface area contributed by atoms with Gasteiger partial charge in [-0.1, -0.05) is 26.2 Å². The molecule has 1 N–H and O–H groups in total. The summed E-state index contributed by atoms with van der Waals surface area (Å²) in [5.74, 6) is -2.81. The van der Waals surface area contributed by atoms with Gasteiger partial charge in [-0.15, -0.1) is 0 Å². The van der Waals surface area contributed by atoms with Crippen LogP contribution in [0.2, 0.25) is 0 Å². The smallest absolute Gasteiger partial charge is 0.426 e. The average molecular weight is 306 g/mol. The normalized spacial score (nSPS) is 14.2. The number of rotatable bonds is 8. The van der Waals surface area contributed by atoms with Crippen LogP contribution in [0.1, 0.15) is 39.0 Å². The molecule has 0 heterocycles. The predicted molar refractivity (Wildman–Crippen MR) is 61.1 cm³/mol. The minimum atomic E-state index is -5.03. The summed E-state index contributed by atoms with van der Waals surface area (Å²) < 4.78 is 70.5. The van der Waals surface area contributed by atoms with Crippen molar-refractivity contribution in [1.29, 1.82) is 0 Å². The maximum Gasteiger partial charge on any atom is 0.426 e. The molecule has 5 nitrogen and oxygen atoms in total. The highest BCUT2D eigenvalue weighted by atomic mass is 32.2. The largest absolute Gasteiger partial charge is 0.451 e. The molecular formula is C10H17F3O5S. The van der Waals surface area contributed by atoms with Crippen molar-refractivity contribution >= 4 is 16.1 Å². The molecule has 0 aliphatic carbocycles. The Morgan fingerprint density at radius 1 is 1.26 bits per heavy atom. The number of carbonyl (C=O) groups excluding carboxylic acids is 1. The Balaban J connectivity index is 4.37. The van der Waals surface area contributed by atoms with Crippen LogP contribution in [0.25, 0.3) is 0 Å². The maximum absolute atomic E-state index is 12.4. The second kappa shape index (κ2) is 7.68. The third kappa shape index (κ3) is 9.71. The summed E-state index contributed by atoms with van der Waals surface area (Å²) in [6.45, 7) is 1.93. The van der Waals surface area contributed by atoms with Gasteiger partial charge in [0.15, 0.2) is 0 Å². The molecule has 9 heteroatoms. The Bertz CT molecular complexity index is 377. The van der Waals surface area contributed by atoms with Crippen LogP contribution >= 0.6 is 0 Å². The third-order valence-corrected chi connectivity index (χ3v) is 2.96. The van der Waals surface area contributed by atoms with Gasteiger partial charge in [-0.2, -0.15) is 21.6 Å². The Hall–Kier alpha value is -0.830. The molecule has 0 aromatic rings. The fraction of sp³-hybridized carbons (Fsp3) is 0.900. The molecule has 0 fully saturated rings. The number of unbranched alkanes of at least 4 members (excludes halogenated alkanes) is 3. The van der Waals surface area contributed by atoms with E-state index in [2.05, 4.69) is 4.74 Å². The zero-order valence-corrected chi connectivity index (χ0v) is 11.3. The highest BCUT2D eigenvalue weighted by Crippen LogP contribution is 2.24. The second-order valence-electron chi connectivity index (χ2n) is 4.08. The van der Waals surface area contributed by atoms with Crippen molar-refractivity contribution in [2.24, 2.45) is 0 Å². The summed E-state index contributed by atoms with van der Waals surface area (Å²) in [5.41, 5.74) is 0. The number of alkyl halides is 3. The van der Waals surface area contributed by atoms with E-state index in [0.29, 0.717) is 12.8 Å². The molecule has 0 amide bonds. The fourth-order valence-electron chi connectivity index (χ4n) is 1.30. The van der Waals surface area contributed by atoms with Gasteiger partial charge in [-0.3, -0.25) is 9.35 Å². The van der Waals surface area contributed by atoms with Gasteiger partial charge in [0.2, 0.25) is 6.10 Å². The summed E-state index contributed by atoms with van der Waals surface area (Å²) >= 11 is 0. The van der Waals surface area contributed by atoms with E-state index >= 15 is 0 Å². The summed E-state index contributed by atoms with van der Waals surface area (Å²) in [4.78, 5) is 11.2. The summed E-state index contributed by atoms with van der Waals surface area (Å²) in [7, 11) is -4.88. The first-order valence-corrected chi connectivity index (χ1v) is 7.38. The number of esters is 1. The first-order valence-electron chi connectivity index (χ1n) is 5.77. The second-order valence-corrected chi connectivity index (χ2v) is 5.58. The lowest BCUT2D eigenvalue weighted by Crippen LogP contribution is -2.39. The molecule has 0 rings (SSSR count). The van der Waals surface area contributed by atoms with Crippen molar-refractivity contribution in [1.82, 2.24) is 0 Å². The van der Waals surface area contributed by atoms with Crippen molar-refractivity contribution in [3.8, 4) is 0 Å². The molecule has 0 aromatic carbocycles. The van der Waals surface area contributed by atoms with Crippen LogP contribution in [-0.4, -0.2) is 37.0 Å². The standard InChI is InChI=1S/C10H17F3O5S/c1-2-3-4-5-6-9(14)18-8(10(11,12)13)7-19(15,16)17/h8H,2-7H2,1H3,(H,15,16,17). The van der Waals surface area contributed by atoms with Crippen LogP contribution in [0.4, 0.5) is 13.2 Å². The van der Waals surface area contributed by atoms with Crippen molar-refractivity contribution in [3.05, 3.63) is 0 Å². The van der Waals surface area contributed by atoms with Gasteiger partial charge >= 0.3 is 12.1 Å². The molecule has 0 aromatic heterocycles. The molecule has 0 radical (unpaired) electrons. The van der Waals surface area contributed by atoms with Crippen LogP contribution < -0.4 is 0 Å². The first kappa shape index (κ1) is 18.2. The van der Waals surface area contributed by atoms with Crippen LogP contribution in [-0.2, 0) is 19.6 Å². The predicted octanol–water partition coefficient (Wildman–Crippen LogP) is 2.32. The van der Waals surface area contributed by atoms with Crippen LogP contribution in [0, 0.1) is 0 Å². The maximum atomic E-state index is 12.4. The number of hydrogen-bond acceptors (Lipinski definition) is 4. The summed E-state index contributed by atoms with van der Waals surface area (Å²) in [5, 5.41) is 0. The molecule has 0 bridgehead atoms. The number of hydrogen-bond donors (Lipinski definition) is 1. The molecule has 0 aliphatic rings. The van der Waals surface area contributed by atoms with E-state index in [4.69, 9.17) is 4.55 Å². The highest BCUT2D eigenvalue weighted by Gasteiger charge is 2.45. The molecule has 1 atom stereocenters. The zero-order chi connectivity index (χ0) is 15.1. The van der Waals surface area contributed by atoms with Crippen molar-refractivity contribution in [2.45, 2.75) is 51.3 Å². The van der Waals surface area contributed by atoms with Gasteiger partial charge < -0.3 is 4.74 Å². The molecular weight excluding hydrogens is 289 g/mol. The topological polar surface area (TPSA) is 80.7 Å². The van der Waals surface area contributed by atoms with Crippen LogP contribution in [0.15, 0.2) is 0 Å². The zero-order valence-electron chi connectivity index (χ0n) is 10.4. The monoisotopic (exact) mass is 306 g/mol. The summed E-state index contributed by atoms with van der Waals surface area (Å²) in [6.07, 6.45) is -5.26. The number of ether oxygens (including phenoxy) is 1. The molecule has 1 unspecified atom stereocenters. The van der Waals surface area contributed by atoms with Gasteiger partial charge in [0, 0.05) is 6.42 Å². The highest BCUT2D eigenvalue weighted by molar-refractivity contribution is 7.85. The Morgan fingerprint density at radius 3 is 2.26 bits per heavy atom. The summed E-state index contributed by atoms with van der Waals surface area (Å²) in [6, 6.07) is 0.